The second kappa shape index (κ2) is 7.28. The van der Waals surface area contributed by atoms with Crippen LogP contribution in [0.2, 0.25) is 0 Å². The molecule has 1 atom stereocenters. The minimum atomic E-state index is -0.362. The standard InChI is InChI=1S/C20H21N3O3/c1-3-24-16-8-5-12(9-18(16)25-4-2)19-14-7-6-13(22)10-17(14)26-20(23)15(19)11-21/h5-10,19H,3-4,22-23H2,1-2H3/t19-/m0/s1. The number of anilines is 1. The van der Waals surface area contributed by atoms with Crippen LogP contribution in [0.3, 0.4) is 0 Å². The third-order valence-corrected chi connectivity index (χ3v) is 4.14. The fraction of sp³-hybridized carbons (Fsp3) is 0.250. The van der Waals surface area contributed by atoms with Gasteiger partial charge in [0.15, 0.2) is 11.5 Å². The zero-order chi connectivity index (χ0) is 18.7. The second-order valence-electron chi connectivity index (χ2n) is 5.79. The number of fused-ring (bicyclic) bond motifs is 1. The summed E-state index contributed by atoms with van der Waals surface area (Å²) in [7, 11) is 0. The Balaban J connectivity index is 2.15. The van der Waals surface area contributed by atoms with Gasteiger partial charge in [-0.25, -0.2) is 0 Å². The maximum atomic E-state index is 9.64. The van der Waals surface area contributed by atoms with Crippen LogP contribution in [0.1, 0.15) is 30.9 Å². The van der Waals surface area contributed by atoms with E-state index in [-0.39, 0.29) is 11.8 Å². The van der Waals surface area contributed by atoms with Gasteiger partial charge >= 0.3 is 0 Å². The van der Waals surface area contributed by atoms with Crippen molar-refractivity contribution in [1.82, 2.24) is 0 Å². The lowest BCUT2D eigenvalue weighted by atomic mass is 9.83. The molecule has 0 aliphatic carbocycles. The van der Waals surface area contributed by atoms with E-state index in [4.69, 9.17) is 25.7 Å². The average molecular weight is 351 g/mol. The predicted octanol–water partition coefficient (Wildman–Crippen LogP) is 3.28. The van der Waals surface area contributed by atoms with Gasteiger partial charge in [-0.2, -0.15) is 5.26 Å². The van der Waals surface area contributed by atoms with Crippen LogP contribution in [0.4, 0.5) is 5.69 Å². The number of nitrogen functional groups attached to an aromatic ring is 1. The maximum Gasteiger partial charge on any atom is 0.205 e. The highest BCUT2D eigenvalue weighted by atomic mass is 16.5. The summed E-state index contributed by atoms with van der Waals surface area (Å²) in [5.41, 5.74) is 14.5. The van der Waals surface area contributed by atoms with Crippen molar-refractivity contribution >= 4 is 5.69 Å². The third-order valence-electron chi connectivity index (χ3n) is 4.14. The molecule has 134 valence electrons. The van der Waals surface area contributed by atoms with Gasteiger partial charge in [0, 0.05) is 17.3 Å². The monoisotopic (exact) mass is 351 g/mol. The number of hydrogen-bond acceptors (Lipinski definition) is 6. The minimum Gasteiger partial charge on any atom is -0.490 e. The molecule has 0 radical (unpaired) electrons. The first-order chi connectivity index (χ1) is 12.6. The Bertz CT molecular complexity index is 900. The van der Waals surface area contributed by atoms with Gasteiger partial charge in [-0.3, -0.25) is 0 Å². The Hall–Kier alpha value is -3.33. The molecular formula is C20H21N3O3. The van der Waals surface area contributed by atoms with Crippen LogP contribution in [0.5, 0.6) is 17.2 Å². The molecule has 6 nitrogen and oxygen atoms in total. The highest BCUT2D eigenvalue weighted by molar-refractivity contribution is 5.60. The molecule has 1 heterocycles. The molecule has 2 aromatic carbocycles. The molecule has 2 aromatic rings. The normalized spacial score (nSPS) is 15.7. The summed E-state index contributed by atoms with van der Waals surface area (Å²) in [6, 6.07) is 13.2. The van der Waals surface area contributed by atoms with Gasteiger partial charge in [-0.05, 0) is 37.6 Å². The van der Waals surface area contributed by atoms with Gasteiger partial charge in [-0.1, -0.05) is 12.1 Å². The molecule has 0 saturated heterocycles. The lowest BCUT2D eigenvalue weighted by Crippen LogP contribution is -2.21. The molecule has 3 rings (SSSR count). The first-order valence-electron chi connectivity index (χ1n) is 8.45. The summed E-state index contributed by atoms with van der Waals surface area (Å²) < 4.78 is 16.9. The summed E-state index contributed by atoms with van der Waals surface area (Å²) in [6.07, 6.45) is 0. The van der Waals surface area contributed by atoms with Gasteiger partial charge in [0.1, 0.15) is 17.4 Å². The quantitative estimate of drug-likeness (QED) is 0.801. The Kier molecular flexibility index (Phi) is 4.90. The number of nitrogens with two attached hydrogens (primary N) is 2. The first-order valence-corrected chi connectivity index (χ1v) is 8.45. The van der Waals surface area contributed by atoms with Gasteiger partial charge in [-0.15, -0.1) is 0 Å². The molecule has 0 unspecified atom stereocenters. The molecule has 26 heavy (non-hydrogen) atoms. The lowest BCUT2D eigenvalue weighted by Gasteiger charge is -2.27. The molecule has 6 heteroatoms. The summed E-state index contributed by atoms with van der Waals surface area (Å²) >= 11 is 0. The van der Waals surface area contributed by atoms with Crippen LogP contribution in [0, 0.1) is 11.3 Å². The smallest absolute Gasteiger partial charge is 0.205 e. The van der Waals surface area contributed by atoms with E-state index in [0.717, 1.165) is 11.1 Å². The third kappa shape index (κ3) is 3.11. The van der Waals surface area contributed by atoms with Crippen LogP contribution in [0.15, 0.2) is 47.9 Å². The zero-order valence-electron chi connectivity index (χ0n) is 14.8. The SMILES string of the molecule is CCOc1ccc([C@@H]2C(C#N)=C(N)Oc3cc(N)ccc32)cc1OCC. The Morgan fingerprint density at radius 2 is 1.77 bits per heavy atom. The molecule has 0 bridgehead atoms. The number of nitriles is 1. The number of nitrogens with zero attached hydrogens (tertiary/aromatic N) is 1. The van der Waals surface area contributed by atoms with E-state index in [0.29, 0.717) is 41.7 Å². The van der Waals surface area contributed by atoms with Crippen LogP contribution < -0.4 is 25.7 Å². The minimum absolute atomic E-state index is 0.0856. The van der Waals surface area contributed by atoms with E-state index in [9.17, 15) is 5.26 Å². The van der Waals surface area contributed by atoms with Gasteiger partial charge in [0.2, 0.25) is 5.88 Å². The second-order valence-corrected chi connectivity index (χ2v) is 5.79. The Morgan fingerprint density at radius 1 is 1.04 bits per heavy atom. The summed E-state index contributed by atoms with van der Waals surface area (Å²) in [5, 5.41) is 9.64. The molecular weight excluding hydrogens is 330 g/mol. The van der Waals surface area contributed by atoms with Crippen LogP contribution in [-0.4, -0.2) is 13.2 Å². The number of ether oxygens (including phenoxy) is 3. The number of benzene rings is 2. The molecule has 0 saturated carbocycles. The molecule has 1 aliphatic heterocycles. The van der Waals surface area contributed by atoms with Crippen molar-refractivity contribution in [2.75, 3.05) is 18.9 Å². The molecule has 0 fully saturated rings. The first kappa shape index (κ1) is 17.5. The van der Waals surface area contributed by atoms with Gasteiger partial charge in [0.25, 0.3) is 0 Å². The maximum absolute atomic E-state index is 9.64. The van der Waals surface area contributed by atoms with Crippen molar-refractivity contribution in [1.29, 1.82) is 5.26 Å². The number of rotatable bonds is 5. The fourth-order valence-corrected chi connectivity index (χ4v) is 3.06. The fourth-order valence-electron chi connectivity index (χ4n) is 3.06. The molecule has 0 aromatic heterocycles. The molecule has 1 aliphatic rings. The van der Waals surface area contributed by atoms with Crippen molar-refractivity contribution in [2.24, 2.45) is 5.73 Å². The van der Waals surface area contributed by atoms with E-state index in [1.807, 2.05) is 38.1 Å². The topological polar surface area (TPSA) is 104 Å². The highest BCUT2D eigenvalue weighted by Crippen LogP contribution is 2.44. The average Bonchev–Trinajstić information content (AvgIpc) is 2.62. The van der Waals surface area contributed by atoms with Crippen molar-refractivity contribution in [3.05, 3.63) is 59.0 Å². The van der Waals surface area contributed by atoms with Crippen molar-refractivity contribution in [2.45, 2.75) is 19.8 Å². The molecule has 4 N–H and O–H groups in total. The van der Waals surface area contributed by atoms with Crippen LogP contribution >= 0.6 is 0 Å². The van der Waals surface area contributed by atoms with E-state index < -0.39 is 0 Å². The Labute approximate surface area is 152 Å². The van der Waals surface area contributed by atoms with Crippen molar-refractivity contribution in [3.8, 4) is 23.3 Å². The summed E-state index contributed by atoms with van der Waals surface area (Å²) in [5.74, 6) is 1.57. The molecule has 0 spiro atoms. The van der Waals surface area contributed by atoms with Gasteiger partial charge in [0.05, 0.1) is 19.1 Å². The summed E-state index contributed by atoms with van der Waals surface area (Å²) in [6.45, 7) is 4.87. The highest BCUT2D eigenvalue weighted by Gasteiger charge is 2.31. The lowest BCUT2D eigenvalue weighted by molar-refractivity contribution is 0.287. The summed E-state index contributed by atoms with van der Waals surface area (Å²) in [4.78, 5) is 0. The zero-order valence-corrected chi connectivity index (χ0v) is 14.8. The van der Waals surface area contributed by atoms with Crippen LogP contribution in [0.25, 0.3) is 0 Å². The predicted molar refractivity (Wildman–Crippen MR) is 98.9 cm³/mol. The Morgan fingerprint density at radius 3 is 2.46 bits per heavy atom. The largest absolute Gasteiger partial charge is 0.490 e. The van der Waals surface area contributed by atoms with Gasteiger partial charge < -0.3 is 25.7 Å². The van der Waals surface area contributed by atoms with Crippen molar-refractivity contribution < 1.29 is 14.2 Å². The van der Waals surface area contributed by atoms with E-state index >= 15 is 0 Å². The number of hydrogen-bond donors (Lipinski definition) is 2. The van der Waals surface area contributed by atoms with E-state index in [1.165, 1.54) is 0 Å². The van der Waals surface area contributed by atoms with Crippen molar-refractivity contribution in [3.63, 3.8) is 0 Å². The van der Waals surface area contributed by atoms with Crippen LogP contribution in [-0.2, 0) is 0 Å². The number of allylic oxidation sites excluding steroid dienone is 1. The molecule has 0 amide bonds. The van der Waals surface area contributed by atoms with E-state index in [2.05, 4.69) is 6.07 Å². The van der Waals surface area contributed by atoms with E-state index in [1.54, 1.807) is 12.1 Å².